The Balaban J connectivity index is 2.06. The van der Waals surface area contributed by atoms with Gasteiger partial charge in [-0.05, 0) is 53.0 Å². The van der Waals surface area contributed by atoms with Crippen LogP contribution in [0.25, 0.3) is 0 Å². The highest BCUT2D eigenvalue weighted by molar-refractivity contribution is 5.68. The lowest BCUT2D eigenvalue weighted by atomic mass is 10.1. The Labute approximate surface area is 135 Å². The summed E-state index contributed by atoms with van der Waals surface area (Å²) in [6, 6.07) is 0.509. The fourth-order valence-electron chi connectivity index (χ4n) is 2.42. The van der Waals surface area contributed by atoms with Gasteiger partial charge in [0.15, 0.2) is 0 Å². The van der Waals surface area contributed by atoms with Crippen molar-refractivity contribution in [2.75, 3.05) is 32.8 Å². The molecule has 0 radical (unpaired) electrons. The number of rotatable bonds is 8. The summed E-state index contributed by atoms with van der Waals surface area (Å²) in [6.45, 7) is 12.1. The fourth-order valence-corrected chi connectivity index (χ4v) is 2.42. The van der Waals surface area contributed by atoms with E-state index in [2.05, 4.69) is 12.2 Å². The summed E-state index contributed by atoms with van der Waals surface area (Å²) in [5.74, 6) is 0. The normalized spacial score (nSPS) is 16.8. The van der Waals surface area contributed by atoms with Crippen LogP contribution in [0.15, 0.2) is 0 Å². The molecule has 22 heavy (non-hydrogen) atoms. The van der Waals surface area contributed by atoms with Crippen molar-refractivity contribution in [3.8, 4) is 0 Å². The molecule has 0 atom stereocenters. The summed E-state index contributed by atoms with van der Waals surface area (Å²) in [6.07, 6.45) is 5.20. The van der Waals surface area contributed by atoms with Gasteiger partial charge in [-0.25, -0.2) is 4.79 Å². The highest BCUT2D eigenvalue weighted by Gasteiger charge is 2.26. The van der Waals surface area contributed by atoms with Crippen LogP contribution < -0.4 is 5.32 Å². The zero-order chi connectivity index (χ0) is 16.4. The molecule has 130 valence electrons. The molecule has 5 heteroatoms. The van der Waals surface area contributed by atoms with Crippen LogP contribution in [0, 0.1) is 0 Å². The number of piperidine rings is 1. The highest BCUT2D eigenvalue weighted by atomic mass is 16.6. The third-order valence-corrected chi connectivity index (χ3v) is 3.69. The molecule has 1 amide bonds. The molecule has 1 rings (SSSR count). The van der Waals surface area contributed by atoms with Crippen molar-refractivity contribution < 1.29 is 14.3 Å². The maximum atomic E-state index is 12.0. The Morgan fingerprint density at radius 3 is 2.41 bits per heavy atom. The molecule has 1 aliphatic rings. The van der Waals surface area contributed by atoms with E-state index in [9.17, 15) is 4.79 Å². The highest BCUT2D eigenvalue weighted by Crippen LogP contribution is 2.15. The monoisotopic (exact) mass is 314 g/mol. The number of unbranched alkanes of at least 4 members (excludes halogenated alkanes) is 1. The predicted octanol–water partition coefficient (Wildman–Crippen LogP) is 3.18. The van der Waals surface area contributed by atoms with E-state index in [1.165, 1.54) is 6.42 Å². The average Bonchev–Trinajstić information content (AvgIpc) is 2.45. The molecule has 1 heterocycles. The Hall–Kier alpha value is -0.810. The number of hydrogen-bond acceptors (Lipinski definition) is 4. The average molecular weight is 314 g/mol. The number of ether oxygens (including phenoxy) is 2. The van der Waals surface area contributed by atoms with Crippen molar-refractivity contribution in [3.05, 3.63) is 0 Å². The summed E-state index contributed by atoms with van der Waals surface area (Å²) >= 11 is 0. The maximum Gasteiger partial charge on any atom is 0.410 e. The van der Waals surface area contributed by atoms with Crippen LogP contribution in [-0.4, -0.2) is 55.5 Å². The first kappa shape index (κ1) is 19.2. The van der Waals surface area contributed by atoms with Gasteiger partial charge in [0, 0.05) is 32.3 Å². The van der Waals surface area contributed by atoms with Crippen molar-refractivity contribution in [2.45, 2.75) is 71.4 Å². The van der Waals surface area contributed by atoms with E-state index in [1.807, 2.05) is 25.7 Å². The maximum absolute atomic E-state index is 12.0. The van der Waals surface area contributed by atoms with E-state index < -0.39 is 5.60 Å². The molecule has 1 aliphatic heterocycles. The molecule has 0 aromatic carbocycles. The van der Waals surface area contributed by atoms with E-state index >= 15 is 0 Å². The van der Waals surface area contributed by atoms with E-state index in [4.69, 9.17) is 9.47 Å². The van der Waals surface area contributed by atoms with Gasteiger partial charge < -0.3 is 19.7 Å². The van der Waals surface area contributed by atoms with E-state index in [0.29, 0.717) is 6.04 Å². The van der Waals surface area contributed by atoms with Crippen LogP contribution in [0.2, 0.25) is 0 Å². The van der Waals surface area contributed by atoms with Crippen molar-refractivity contribution in [1.29, 1.82) is 0 Å². The zero-order valence-corrected chi connectivity index (χ0v) is 14.8. The second-order valence-corrected chi connectivity index (χ2v) is 7.02. The number of likely N-dealkylation sites (tertiary alicyclic amines) is 1. The van der Waals surface area contributed by atoms with E-state index in [1.54, 1.807) is 0 Å². The Kier molecular flexibility index (Phi) is 8.79. The van der Waals surface area contributed by atoms with Gasteiger partial charge in [-0.1, -0.05) is 13.3 Å². The first-order chi connectivity index (χ1) is 10.4. The van der Waals surface area contributed by atoms with Gasteiger partial charge in [-0.15, -0.1) is 0 Å². The SMILES string of the molecule is CCCCOCCCNC1CCN(C(=O)OC(C)(C)C)CC1. The molecule has 0 unspecified atom stereocenters. The first-order valence-corrected chi connectivity index (χ1v) is 8.71. The van der Waals surface area contributed by atoms with Gasteiger partial charge in [0.1, 0.15) is 5.60 Å². The third-order valence-electron chi connectivity index (χ3n) is 3.69. The molecule has 0 spiro atoms. The molecule has 1 fully saturated rings. The van der Waals surface area contributed by atoms with Crippen LogP contribution in [-0.2, 0) is 9.47 Å². The summed E-state index contributed by atoms with van der Waals surface area (Å²) in [5.41, 5.74) is -0.413. The number of nitrogens with one attached hydrogen (secondary N) is 1. The minimum Gasteiger partial charge on any atom is -0.444 e. The van der Waals surface area contributed by atoms with Crippen LogP contribution in [0.3, 0.4) is 0 Å². The van der Waals surface area contributed by atoms with Crippen LogP contribution in [0.5, 0.6) is 0 Å². The van der Waals surface area contributed by atoms with Gasteiger partial charge in [-0.2, -0.15) is 0 Å². The van der Waals surface area contributed by atoms with Crippen LogP contribution >= 0.6 is 0 Å². The number of amides is 1. The quantitative estimate of drug-likeness (QED) is 0.699. The second kappa shape index (κ2) is 10.1. The molecule has 0 aliphatic carbocycles. The van der Waals surface area contributed by atoms with Crippen LogP contribution in [0.4, 0.5) is 4.79 Å². The Morgan fingerprint density at radius 1 is 1.18 bits per heavy atom. The van der Waals surface area contributed by atoms with E-state index in [-0.39, 0.29) is 6.09 Å². The first-order valence-electron chi connectivity index (χ1n) is 8.71. The topological polar surface area (TPSA) is 50.8 Å². The van der Waals surface area contributed by atoms with Gasteiger partial charge in [-0.3, -0.25) is 0 Å². The smallest absolute Gasteiger partial charge is 0.410 e. The standard InChI is InChI=1S/C17H34N2O3/c1-5-6-13-21-14-7-10-18-15-8-11-19(12-9-15)16(20)22-17(2,3)4/h15,18H,5-14H2,1-4H3. The number of hydrogen-bond donors (Lipinski definition) is 1. The molecular weight excluding hydrogens is 280 g/mol. The van der Waals surface area contributed by atoms with E-state index in [0.717, 1.165) is 58.5 Å². The summed E-state index contributed by atoms with van der Waals surface area (Å²) < 4.78 is 11.0. The minimum absolute atomic E-state index is 0.185. The van der Waals surface area contributed by atoms with Crippen LogP contribution in [0.1, 0.15) is 59.8 Å². The summed E-state index contributed by atoms with van der Waals surface area (Å²) in [5, 5.41) is 3.56. The van der Waals surface area contributed by atoms with Gasteiger partial charge in [0.2, 0.25) is 0 Å². The molecular formula is C17H34N2O3. The molecule has 5 nitrogen and oxygen atoms in total. The van der Waals surface area contributed by atoms with Crippen molar-refractivity contribution in [2.24, 2.45) is 0 Å². The predicted molar refractivity (Wildman–Crippen MR) is 89.2 cm³/mol. The summed E-state index contributed by atoms with van der Waals surface area (Å²) in [4.78, 5) is 13.8. The van der Waals surface area contributed by atoms with Gasteiger partial charge in [0.05, 0.1) is 0 Å². The van der Waals surface area contributed by atoms with Crippen molar-refractivity contribution in [1.82, 2.24) is 10.2 Å². The number of carbonyl (C=O) groups is 1. The molecule has 0 aromatic heterocycles. The number of nitrogens with zero attached hydrogens (tertiary/aromatic N) is 1. The third kappa shape index (κ3) is 8.59. The lowest BCUT2D eigenvalue weighted by Crippen LogP contribution is -2.46. The Morgan fingerprint density at radius 2 is 1.82 bits per heavy atom. The van der Waals surface area contributed by atoms with Gasteiger partial charge >= 0.3 is 6.09 Å². The largest absolute Gasteiger partial charge is 0.444 e. The molecule has 0 bridgehead atoms. The minimum atomic E-state index is -0.413. The zero-order valence-electron chi connectivity index (χ0n) is 14.8. The summed E-state index contributed by atoms with van der Waals surface area (Å²) in [7, 11) is 0. The van der Waals surface area contributed by atoms with Crippen molar-refractivity contribution in [3.63, 3.8) is 0 Å². The molecule has 0 aromatic rings. The van der Waals surface area contributed by atoms with Gasteiger partial charge in [0.25, 0.3) is 0 Å². The molecule has 1 N–H and O–H groups in total. The lowest BCUT2D eigenvalue weighted by Gasteiger charge is -2.33. The Bertz CT molecular complexity index is 308. The molecule has 0 saturated carbocycles. The lowest BCUT2D eigenvalue weighted by molar-refractivity contribution is 0.0198. The van der Waals surface area contributed by atoms with Crippen molar-refractivity contribution >= 4 is 6.09 Å². The fraction of sp³-hybridized carbons (Fsp3) is 0.941. The molecule has 1 saturated heterocycles. The number of carbonyl (C=O) groups excluding carboxylic acids is 1. The second-order valence-electron chi connectivity index (χ2n) is 7.02.